The summed E-state index contributed by atoms with van der Waals surface area (Å²) in [5.41, 5.74) is 0. The van der Waals surface area contributed by atoms with E-state index in [-0.39, 0.29) is 18.2 Å². The predicted molar refractivity (Wildman–Crippen MR) is 75.4 cm³/mol. The first-order valence-corrected chi connectivity index (χ1v) is 6.97. The Balaban J connectivity index is 1.72. The fourth-order valence-corrected chi connectivity index (χ4v) is 2.22. The molecule has 1 unspecified atom stereocenters. The average molecular weight is 276 g/mol. The Labute approximate surface area is 118 Å². The van der Waals surface area contributed by atoms with E-state index >= 15 is 0 Å². The van der Waals surface area contributed by atoms with Gasteiger partial charge >= 0.3 is 0 Å². The lowest BCUT2D eigenvalue weighted by Gasteiger charge is -2.14. The Hall–Kier alpha value is -1.88. The Morgan fingerprint density at radius 3 is 2.75 bits per heavy atom. The maximum atomic E-state index is 12.0. The van der Waals surface area contributed by atoms with Crippen LogP contribution in [0.1, 0.15) is 19.8 Å². The van der Waals surface area contributed by atoms with Gasteiger partial charge in [-0.15, -0.1) is 0 Å². The van der Waals surface area contributed by atoms with Crippen molar-refractivity contribution >= 4 is 11.8 Å². The summed E-state index contributed by atoms with van der Waals surface area (Å²) in [4.78, 5) is 25.0. The highest BCUT2D eigenvalue weighted by molar-refractivity contribution is 6.05. The van der Waals surface area contributed by atoms with Gasteiger partial charge in [0.1, 0.15) is 12.4 Å². The molecule has 2 amide bonds. The minimum atomic E-state index is -0.395. The SMILES string of the molecule is CCCN1C(=O)CC(NCCOc2ccccc2)C1=O. The van der Waals surface area contributed by atoms with Crippen LogP contribution in [0.5, 0.6) is 5.75 Å². The molecule has 0 bridgehead atoms. The maximum absolute atomic E-state index is 12.0. The number of nitrogens with one attached hydrogen (secondary N) is 1. The van der Waals surface area contributed by atoms with Crippen LogP contribution in [0.4, 0.5) is 0 Å². The zero-order chi connectivity index (χ0) is 14.4. The molecule has 0 radical (unpaired) electrons. The second-order valence-electron chi connectivity index (χ2n) is 4.76. The van der Waals surface area contributed by atoms with Crippen molar-refractivity contribution in [2.75, 3.05) is 19.7 Å². The minimum absolute atomic E-state index is 0.0849. The predicted octanol–water partition coefficient (Wildman–Crippen LogP) is 1.19. The highest BCUT2D eigenvalue weighted by Gasteiger charge is 2.37. The van der Waals surface area contributed by atoms with Crippen molar-refractivity contribution < 1.29 is 14.3 Å². The van der Waals surface area contributed by atoms with Gasteiger partial charge in [-0.1, -0.05) is 25.1 Å². The molecule has 1 aliphatic rings. The summed E-state index contributed by atoms with van der Waals surface area (Å²) in [6, 6.07) is 9.11. The fraction of sp³-hybridized carbons (Fsp3) is 0.467. The molecule has 1 aliphatic heterocycles. The number of amides is 2. The highest BCUT2D eigenvalue weighted by atomic mass is 16.5. The summed E-state index contributed by atoms with van der Waals surface area (Å²) in [6.45, 7) is 3.47. The number of likely N-dealkylation sites (tertiary alicyclic amines) is 1. The molecule has 108 valence electrons. The molecule has 2 rings (SSSR count). The first kappa shape index (κ1) is 14.5. The van der Waals surface area contributed by atoms with E-state index in [9.17, 15) is 9.59 Å². The van der Waals surface area contributed by atoms with Gasteiger partial charge in [0.2, 0.25) is 11.8 Å². The van der Waals surface area contributed by atoms with Gasteiger partial charge in [0.15, 0.2) is 0 Å². The zero-order valence-corrected chi connectivity index (χ0v) is 11.7. The largest absolute Gasteiger partial charge is 0.492 e. The quantitative estimate of drug-likeness (QED) is 0.600. The third kappa shape index (κ3) is 3.57. The lowest BCUT2D eigenvalue weighted by Crippen LogP contribution is -2.40. The molecule has 1 atom stereocenters. The van der Waals surface area contributed by atoms with Gasteiger partial charge in [-0.3, -0.25) is 14.5 Å². The molecule has 0 spiro atoms. The van der Waals surface area contributed by atoms with Crippen molar-refractivity contribution in [2.45, 2.75) is 25.8 Å². The lowest BCUT2D eigenvalue weighted by atomic mass is 10.2. The Morgan fingerprint density at radius 2 is 2.05 bits per heavy atom. The van der Waals surface area contributed by atoms with Crippen LogP contribution < -0.4 is 10.1 Å². The van der Waals surface area contributed by atoms with Gasteiger partial charge in [0, 0.05) is 13.1 Å². The lowest BCUT2D eigenvalue weighted by molar-refractivity contribution is -0.138. The Bertz CT molecular complexity index is 461. The van der Waals surface area contributed by atoms with Crippen LogP contribution in [-0.2, 0) is 9.59 Å². The monoisotopic (exact) mass is 276 g/mol. The smallest absolute Gasteiger partial charge is 0.246 e. The number of benzene rings is 1. The average Bonchev–Trinajstić information content (AvgIpc) is 2.73. The molecule has 1 N–H and O–H groups in total. The number of hydrogen-bond acceptors (Lipinski definition) is 4. The molecular weight excluding hydrogens is 256 g/mol. The van der Waals surface area contributed by atoms with Gasteiger partial charge in [0.25, 0.3) is 0 Å². The molecule has 5 heteroatoms. The van der Waals surface area contributed by atoms with Crippen molar-refractivity contribution in [1.29, 1.82) is 0 Å². The standard InChI is InChI=1S/C15H20N2O3/c1-2-9-17-14(18)11-13(15(17)19)16-8-10-20-12-6-4-3-5-7-12/h3-7,13,16H,2,8-11H2,1H3. The van der Waals surface area contributed by atoms with Gasteiger partial charge in [-0.2, -0.15) is 0 Å². The van der Waals surface area contributed by atoms with Crippen molar-refractivity contribution in [2.24, 2.45) is 0 Å². The van der Waals surface area contributed by atoms with E-state index in [1.807, 2.05) is 37.3 Å². The van der Waals surface area contributed by atoms with Crippen LogP contribution >= 0.6 is 0 Å². The van der Waals surface area contributed by atoms with Gasteiger partial charge in [0.05, 0.1) is 12.5 Å². The van der Waals surface area contributed by atoms with Crippen molar-refractivity contribution in [3.8, 4) is 5.75 Å². The molecule has 0 saturated carbocycles. The third-order valence-electron chi connectivity index (χ3n) is 3.20. The van der Waals surface area contributed by atoms with E-state index in [4.69, 9.17) is 4.74 Å². The number of hydrogen-bond donors (Lipinski definition) is 1. The molecule has 1 aromatic carbocycles. The first-order valence-electron chi connectivity index (χ1n) is 6.97. The number of carbonyl (C=O) groups excluding carboxylic acids is 2. The molecular formula is C15H20N2O3. The third-order valence-corrected chi connectivity index (χ3v) is 3.20. The molecule has 0 aromatic heterocycles. The van der Waals surface area contributed by atoms with E-state index in [1.54, 1.807) is 0 Å². The summed E-state index contributed by atoms with van der Waals surface area (Å²) in [6.07, 6.45) is 1.05. The number of carbonyl (C=O) groups is 2. The number of rotatable bonds is 7. The number of imide groups is 1. The molecule has 1 aromatic rings. The zero-order valence-electron chi connectivity index (χ0n) is 11.7. The Morgan fingerprint density at radius 1 is 1.30 bits per heavy atom. The second kappa shape index (κ2) is 7.05. The summed E-state index contributed by atoms with van der Waals surface area (Å²) >= 11 is 0. The number of ether oxygens (including phenoxy) is 1. The van der Waals surface area contributed by atoms with E-state index in [0.717, 1.165) is 12.2 Å². The molecule has 5 nitrogen and oxygen atoms in total. The number of para-hydroxylation sites is 1. The van der Waals surface area contributed by atoms with Gasteiger partial charge in [-0.05, 0) is 18.6 Å². The molecule has 20 heavy (non-hydrogen) atoms. The Kier molecular flexibility index (Phi) is 5.12. The van der Waals surface area contributed by atoms with Gasteiger partial charge < -0.3 is 10.1 Å². The topological polar surface area (TPSA) is 58.6 Å². The maximum Gasteiger partial charge on any atom is 0.246 e. The number of nitrogens with zero attached hydrogens (tertiary/aromatic N) is 1. The molecule has 1 fully saturated rings. The van der Waals surface area contributed by atoms with Crippen LogP contribution in [0.3, 0.4) is 0 Å². The van der Waals surface area contributed by atoms with Crippen molar-refractivity contribution in [3.05, 3.63) is 30.3 Å². The summed E-state index contributed by atoms with van der Waals surface area (Å²) in [5, 5.41) is 3.08. The molecule has 1 saturated heterocycles. The van der Waals surface area contributed by atoms with Crippen LogP contribution in [0.15, 0.2) is 30.3 Å². The highest BCUT2D eigenvalue weighted by Crippen LogP contribution is 2.13. The van der Waals surface area contributed by atoms with E-state index in [1.165, 1.54) is 4.90 Å². The normalized spacial score (nSPS) is 18.6. The van der Waals surface area contributed by atoms with E-state index in [0.29, 0.717) is 19.7 Å². The van der Waals surface area contributed by atoms with Crippen molar-refractivity contribution in [3.63, 3.8) is 0 Å². The molecule has 1 heterocycles. The fourth-order valence-electron chi connectivity index (χ4n) is 2.22. The van der Waals surface area contributed by atoms with Crippen LogP contribution in [0.2, 0.25) is 0 Å². The van der Waals surface area contributed by atoms with Crippen molar-refractivity contribution in [1.82, 2.24) is 10.2 Å². The summed E-state index contributed by atoms with van der Waals surface area (Å²) in [5.74, 6) is 0.602. The van der Waals surface area contributed by atoms with E-state index in [2.05, 4.69) is 5.32 Å². The first-order chi connectivity index (χ1) is 9.72. The summed E-state index contributed by atoms with van der Waals surface area (Å²) in [7, 11) is 0. The van der Waals surface area contributed by atoms with Crippen LogP contribution in [-0.4, -0.2) is 42.5 Å². The van der Waals surface area contributed by atoms with E-state index < -0.39 is 6.04 Å². The van der Waals surface area contributed by atoms with Crippen LogP contribution in [0.25, 0.3) is 0 Å². The van der Waals surface area contributed by atoms with Crippen LogP contribution in [0, 0.1) is 0 Å². The second-order valence-corrected chi connectivity index (χ2v) is 4.76. The minimum Gasteiger partial charge on any atom is -0.492 e. The van der Waals surface area contributed by atoms with Gasteiger partial charge in [-0.25, -0.2) is 0 Å². The molecule has 0 aliphatic carbocycles. The summed E-state index contributed by atoms with van der Waals surface area (Å²) < 4.78 is 5.53.